The molecule has 2 aromatic carbocycles. The minimum Gasteiger partial charge on any atom is -0.442 e. The molecular formula is C22H17FN4O2. The fourth-order valence-electron chi connectivity index (χ4n) is 3.83. The average Bonchev–Trinajstić information content (AvgIpc) is 3.30. The van der Waals surface area contributed by atoms with Crippen LogP contribution in [0.15, 0.2) is 75.2 Å². The van der Waals surface area contributed by atoms with E-state index in [9.17, 15) is 9.18 Å². The summed E-state index contributed by atoms with van der Waals surface area (Å²) in [6.45, 7) is 1.80. The molecule has 144 valence electrons. The van der Waals surface area contributed by atoms with Crippen molar-refractivity contribution in [1.29, 1.82) is 0 Å². The second-order valence-electron chi connectivity index (χ2n) is 6.94. The predicted molar refractivity (Wildman–Crippen MR) is 109 cm³/mol. The molecule has 4 aromatic rings. The van der Waals surface area contributed by atoms with Crippen molar-refractivity contribution in [2.75, 3.05) is 5.01 Å². The normalized spacial score (nSPS) is 16.4. The van der Waals surface area contributed by atoms with Crippen LogP contribution in [0.25, 0.3) is 11.1 Å². The van der Waals surface area contributed by atoms with Crippen molar-refractivity contribution in [2.24, 2.45) is 5.10 Å². The fourth-order valence-corrected chi connectivity index (χ4v) is 3.83. The van der Waals surface area contributed by atoms with E-state index in [1.54, 1.807) is 19.1 Å². The molecule has 0 saturated carbocycles. The van der Waals surface area contributed by atoms with Gasteiger partial charge in [0.15, 0.2) is 0 Å². The predicted octanol–water partition coefficient (Wildman–Crippen LogP) is 4.32. The van der Waals surface area contributed by atoms with E-state index in [1.807, 2.05) is 35.3 Å². The Bertz CT molecular complexity index is 1280. The van der Waals surface area contributed by atoms with Crippen LogP contribution in [0, 0.1) is 12.7 Å². The van der Waals surface area contributed by atoms with E-state index in [0.29, 0.717) is 28.8 Å². The van der Waals surface area contributed by atoms with Gasteiger partial charge in [-0.2, -0.15) is 5.10 Å². The Labute approximate surface area is 165 Å². The molecule has 2 aromatic heterocycles. The van der Waals surface area contributed by atoms with Gasteiger partial charge in [0.05, 0.1) is 29.3 Å². The first kappa shape index (κ1) is 17.4. The molecular weight excluding hydrogens is 371 g/mol. The molecule has 5 rings (SSSR count). The number of hydrogen-bond donors (Lipinski definition) is 1. The lowest BCUT2D eigenvalue weighted by Gasteiger charge is -2.23. The third kappa shape index (κ3) is 2.91. The topological polar surface area (TPSA) is 74.5 Å². The number of hydrogen-bond acceptors (Lipinski definition) is 5. The smallest absolute Gasteiger partial charge is 0.262 e. The number of H-pyrrole nitrogens is 1. The van der Waals surface area contributed by atoms with Crippen LogP contribution < -0.4 is 10.6 Å². The van der Waals surface area contributed by atoms with E-state index >= 15 is 0 Å². The number of anilines is 1. The molecule has 29 heavy (non-hydrogen) atoms. The van der Waals surface area contributed by atoms with Crippen LogP contribution in [0.1, 0.15) is 29.3 Å². The van der Waals surface area contributed by atoms with Gasteiger partial charge in [-0.05, 0) is 36.8 Å². The zero-order valence-corrected chi connectivity index (χ0v) is 15.6. The molecule has 0 radical (unpaired) electrons. The highest BCUT2D eigenvalue weighted by Gasteiger charge is 2.33. The highest BCUT2D eigenvalue weighted by molar-refractivity contribution is 6.12. The summed E-state index contributed by atoms with van der Waals surface area (Å²) < 4.78 is 19.2. The number of aromatic nitrogens is 2. The lowest BCUT2D eigenvalue weighted by molar-refractivity contribution is 0.565. The molecule has 0 fully saturated rings. The van der Waals surface area contributed by atoms with E-state index < -0.39 is 0 Å². The van der Waals surface area contributed by atoms with E-state index in [-0.39, 0.29) is 17.4 Å². The van der Waals surface area contributed by atoms with E-state index in [4.69, 9.17) is 9.52 Å². The van der Waals surface area contributed by atoms with Gasteiger partial charge >= 0.3 is 0 Å². The quantitative estimate of drug-likeness (QED) is 0.567. The molecule has 1 aliphatic heterocycles. The van der Waals surface area contributed by atoms with Crippen LogP contribution in [0.2, 0.25) is 0 Å². The van der Waals surface area contributed by atoms with Gasteiger partial charge in [0.2, 0.25) is 5.71 Å². The highest BCUT2D eigenvalue weighted by Crippen LogP contribution is 2.38. The summed E-state index contributed by atoms with van der Waals surface area (Å²) in [7, 11) is 0. The fraction of sp³-hybridized carbons (Fsp3) is 0.136. The maximum Gasteiger partial charge on any atom is 0.262 e. The summed E-state index contributed by atoms with van der Waals surface area (Å²) in [6.07, 6.45) is 1.87. The van der Waals surface area contributed by atoms with Crippen molar-refractivity contribution in [3.05, 3.63) is 94.0 Å². The van der Waals surface area contributed by atoms with Gasteiger partial charge in [-0.15, -0.1) is 0 Å². The molecule has 0 amide bonds. The minimum absolute atomic E-state index is 0.131. The maximum absolute atomic E-state index is 13.5. The van der Waals surface area contributed by atoms with Gasteiger partial charge in [0.25, 0.3) is 5.56 Å². The van der Waals surface area contributed by atoms with Gasteiger partial charge in [-0.1, -0.05) is 30.3 Å². The van der Waals surface area contributed by atoms with Crippen LogP contribution in [-0.2, 0) is 0 Å². The average molecular weight is 388 g/mol. The van der Waals surface area contributed by atoms with Crippen molar-refractivity contribution in [2.45, 2.75) is 19.4 Å². The molecule has 0 aliphatic carbocycles. The van der Waals surface area contributed by atoms with E-state index in [2.05, 4.69) is 9.97 Å². The van der Waals surface area contributed by atoms with Crippen LogP contribution in [0.3, 0.4) is 0 Å². The Morgan fingerprint density at radius 3 is 2.66 bits per heavy atom. The summed E-state index contributed by atoms with van der Waals surface area (Å²) in [4.78, 5) is 19.2. The number of fused-ring (bicyclic) bond motifs is 1. The third-order valence-electron chi connectivity index (χ3n) is 5.14. The monoisotopic (exact) mass is 388 g/mol. The molecule has 1 atom stereocenters. The van der Waals surface area contributed by atoms with E-state index in [1.165, 1.54) is 18.5 Å². The number of aryl methyl sites for hydroxylation is 1. The number of aromatic amines is 1. The Hall–Kier alpha value is -3.74. The molecule has 0 bridgehead atoms. The number of para-hydroxylation sites is 1. The Balaban J connectivity index is 1.66. The molecule has 6 nitrogen and oxygen atoms in total. The highest BCUT2D eigenvalue weighted by atomic mass is 19.1. The molecule has 3 heterocycles. The molecule has 1 aliphatic rings. The Kier molecular flexibility index (Phi) is 4.01. The van der Waals surface area contributed by atoms with Gasteiger partial charge in [0.1, 0.15) is 17.0 Å². The van der Waals surface area contributed by atoms with Crippen molar-refractivity contribution in [3.63, 3.8) is 0 Å². The van der Waals surface area contributed by atoms with Crippen molar-refractivity contribution in [3.8, 4) is 0 Å². The number of nitrogens with zero attached hydrogens (tertiary/aromatic N) is 3. The zero-order chi connectivity index (χ0) is 20.0. The van der Waals surface area contributed by atoms with Crippen LogP contribution in [0.4, 0.5) is 10.1 Å². The number of benzene rings is 2. The first-order chi connectivity index (χ1) is 14.1. The Morgan fingerprint density at radius 2 is 1.90 bits per heavy atom. The first-order valence-electron chi connectivity index (χ1n) is 9.26. The zero-order valence-electron chi connectivity index (χ0n) is 15.6. The number of hydrazone groups is 1. The van der Waals surface area contributed by atoms with Gasteiger partial charge in [-0.25, -0.2) is 9.37 Å². The van der Waals surface area contributed by atoms with Crippen LogP contribution >= 0.6 is 0 Å². The summed E-state index contributed by atoms with van der Waals surface area (Å²) in [5.74, 6) is 0.309. The first-order valence-corrected chi connectivity index (χ1v) is 9.26. The lowest BCUT2D eigenvalue weighted by atomic mass is 9.97. The molecule has 7 heteroatoms. The lowest BCUT2D eigenvalue weighted by Crippen LogP contribution is -2.18. The molecule has 0 spiro atoms. The molecule has 1 unspecified atom stereocenters. The van der Waals surface area contributed by atoms with Crippen molar-refractivity contribution in [1.82, 2.24) is 9.97 Å². The van der Waals surface area contributed by atoms with Crippen molar-refractivity contribution < 1.29 is 8.81 Å². The SMILES string of the molecule is Cc1oc2nc[nH]c(=O)c2c1C1=NN(c2ccccc2)C(c2ccc(F)cc2)C1. The third-order valence-corrected chi connectivity index (χ3v) is 5.14. The molecule has 0 saturated heterocycles. The second-order valence-corrected chi connectivity index (χ2v) is 6.94. The summed E-state index contributed by atoms with van der Waals surface area (Å²) in [5, 5.41) is 7.16. The number of nitrogens with one attached hydrogen (secondary N) is 1. The molecule has 1 N–H and O–H groups in total. The Morgan fingerprint density at radius 1 is 1.14 bits per heavy atom. The summed E-state index contributed by atoms with van der Waals surface area (Å²) in [5.41, 5.74) is 3.28. The maximum atomic E-state index is 13.5. The summed E-state index contributed by atoms with van der Waals surface area (Å²) >= 11 is 0. The van der Waals surface area contributed by atoms with Gasteiger partial charge in [-0.3, -0.25) is 9.80 Å². The van der Waals surface area contributed by atoms with Gasteiger partial charge in [0, 0.05) is 6.42 Å². The van der Waals surface area contributed by atoms with Gasteiger partial charge < -0.3 is 9.40 Å². The largest absolute Gasteiger partial charge is 0.442 e. The number of halogens is 1. The van der Waals surface area contributed by atoms with E-state index in [0.717, 1.165) is 17.0 Å². The number of rotatable bonds is 3. The van der Waals surface area contributed by atoms with Crippen LogP contribution in [-0.4, -0.2) is 15.7 Å². The standard InChI is InChI=1S/C22H17FN4O2/c1-13-19(20-21(28)24-12-25-22(20)29-13)17-11-18(14-7-9-15(23)10-8-14)27(26-17)16-5-3-2-4-6-16/h2-10,12,18H,11H2,1H3,(H,24,25,28). The number of furan rings is 1. The second kappa shape index (κ2) is 6.70. The van der Waals surface area contributed by atoms with Crippen molar-refractivity contribution >= 4 is 22.5 Å². The van der Waals surface area contributed by atoms with Crippen LogP contribution in [0.5, 0.6) is 0 Å². The minimum atomic E-state index is -0.284. The summed E-state index contributed by atoms with van der Waals surface area (Å²) in [6, 6.07) is 16.1.